The van der Waals surface area contributed by atoms with Crippen molar-refractivity contribution in [3.8, 4) is 6.07 Å². The minimum Gasteiger partial charge on any atom is -0.338 e. The number of hydrogen-bond acceptors (Lipinski definition) is 4. The van der Waals surface area contributed by atoms with Gasteiger partial charge >= 0.3 is 0 Å². The van der Waals surface area contributed by atoms with Gasteiger partial charge in [-0.3, -0.25) is 9.59 Å². The van der Waals surface area contributed by atoms with Crippen molar-refractivity contribution in [3.05, 3.63) is 56.7 Å². The maximum Gasteiger partial charge on any atom is 0.223 e. The largest absolute Gasteiger partial charge is 0.338 e. The molecule has 0 aliphatic rings. The molecule has 130 valence electrons. The molecule has 2 aromatic rings. The van der Waals surface area contributed by atoms with Crippen LogP contribution in [0.3, 0.4) is 0 Å². The van der Waals surface area contributed by atoms with Crippen LogP contribution in [0.25, 0.3) is 0 Å². The van der Waals surface area contributed by atoms with Crippen LogP contribution in [-0.4, -0.2) is 23.1 Å². The fourth-order valence-corrected chi connectivity index (χ4v) is 3.44. The van der Waals surface area contributed by atoms with Gasteiger partial charge in [0.05, 0.1) is 20.8 Å². The molecule has 1 amide bonds. The molecular formula is C19H19ClN2O2S. The van der Waals surface area contributed by atoms with Gasteiger partial charge in [-0.05, 0) is 36.2 Å². The minimum absolute atomic E-state index is 0.0396. The summed E-state index contributed by atoms with van der Waals surface area (Å²) in [5.41, 5.74) is 1.56. The number of nitriles is 1. The van der Waals surface area contributed by atoms with E-state index >= 15 is 0 Å². The van der Waals surface area contributed by atoms with Gasteiger partial charge in [0.1, 0.15) is 0 Å². The molecule has 0 saturated carbocycles. The number of nitrogens with zero attached hydrogens (tertiary/aromatic N) is 2. The normalized spacial score (nSPS) is 10.3. The van der Waals surface area contributed by atoms with E-state index in [0.717, 1.165) is 12.0 Å². The molecule has 0 saturated heterocycles. The molecule has 0 radical (unpaired) electrons. The summed E-state index contributed by atoms with van der Waals surface area (Å²) in [5, 5.41) is 8.85. The molecule has 0 N–H and O–H groups in total. The lowest BCUT2D eigenvalue weighted by molar-refractivity contribution is -0.131. The fraction of sp³-hybridized carbons (Fsp3) is 0.316. The fourth-order valence-electron chi connectivity index (χ4n) is 2.43. The molecule has 0 spiro atoms. The Morgan fingerprint density at radius 3 is 2.44 bits per heavy atom. The van der Waals surface area contributed by atoms with Gasteiger partial charge in [0.2, 0.25) is 5.91 Å². The topological polar surface area (TPSA) is 61.2 Å². The van der Waals surface area contributed by atoms with E-state index in [2.05, 4.69) is 6.07 Å². The number of ketones is 1. The SMILES string of the molecule is CCCN(Cc1ccc(C#N)cc1)C(=O)CCC(=O)c1ccc(Cl)s1. The first-order chi connectivity index (χ1) is 12.0. The molecule has 0 aliphatic carbocycles. The first-order valence-corrected chi connectivity index (χ1v) is 9.28. The number of carbonyl (C=O) groups is 2. The van der Waals surface area contributed by atoms with Crippen LogP contribution in [0, 0.1) is 11.3 Å². The highest BCUT2D eigenvalue weighted by atomic mass is 35.5. The van der Waals surface area contributed by atoms with Crippen LogP contribution in [0.2, 0.25) is 4.34 Å². The Balaban J connectivity index is 1.94. The number of halogens is 1. The molecular weight excluding hydrogens is 356 g/mol. The molecule has 1 heterocycles. The second-order valence-electron chi connectivity index (χ2n) is 5.65. The Kier molecular flexibility index (Phi) is 7.17. The number of Topliss-reactive ketones (excluding diaryl/α,β-unsaturated/α-hetero) is 1. The van der Waals surface area contributed by atoms with E-state index in [0.29, 0.717) is 27.9 Å². The highest BCUT2D eigenvalue weighted by Crippen LogP contribution is 2.23. The maximum absolute atomic E-state index is 12.5. The number of benzene rings is 1. The summed E-state index contributed by atoms with van der Waals surface area (Å²) < 4.78 is 0.572. The van der Waals surface area contributed by atoms with Crippen molar-refractivity contribution in [2.45, 2.75) is 32.7 Å². The van der Waals surface area contributed by atoms with Gasteiger partial charge in [0.25, 0.3) is 0 Å². The number of hydrogen-bond donors (Lipinski definition) is 0. The predicted octanol–water partition coefficient (Wildman–Crippen LogP) is 4.67. The Hall–Kier alpha value is -2.16. The number of carbonyl (C=O) groups excluding carboxylic acids is 2. The van der Waals surface area contributed by atoms with Crippen LogP contribution < -0.4 is 0 Å². The molecule has 0 unspecified atom stereocenters. The van der Waals surface area contributed by atoms with Crippen LogP contribution in [0.1, 0.15) is 47.0 Å². The lowest BCUT2D eigenvalue weighted by atomic mass is 10.1. The van der Waals surface area contributed by atoms with E-state index in [1.807, 2.05) is 19.1 Å². The quantitative estimate of drug-likeness (QED) is 0.630. The minimum atomic E-state index is -0.0555. The van der Waals surface area contributed by atoms with E-state index < -0.39 is 0 Å². The Labute approximate surface area is 156 Å². The zero-order chi connectivity index (χ0) is 18.2. The van der Waals surface area contributed by atoms with Gasteiger partial charge in [-0.15, -0.1) is 11.3 Å². The summed E-state index contributed by atoms with van der Waals surface area (Å²) in [5.74, 6) is -0.0951. The molecule has 0 atom stereocenters. The van der Waals surface area contributed by atoms with Gasteiger partial charge in [-0.2, -0.15) is 5.26 Å². The van der Waals surface area contributed by atoms with Gasteiger partial charge in [0.15, 0.2) is 5.78 Å². The lowest BCUT2D eigenvalue weighted by Gasteiger charge is -2.22. The summed E-state index contributed by atoms with van der Waals surface area (Å²) in [7, 11) is 0. The highest BCUT2D eigenvalue weighted by Gasteiger charge is 2.16. The third-order valence-corrected chi connectivity index (χ3v) is 4.99. The first-order valence-electron chi connectivity index (χ1n) is 8.08. The van der Waals surface area contributed by atoms with Crippen LogP contribution >= 0.6 is 22.9 Å². The molecule has 0 fully saturated rings. The van der Waals surface area contributed by atoms with E-state index in [4.69, 9.17) is 16.9 Å². The number of rotatable bonds is 8. The second-order valence-corrected chi connectivity index (χ2v) is 7.37. The van der Waals surface area contributed by atoms with Gasteiger partial charge in [-0.25, -0.2) is 0 Å². The molecule has 1 aromatic carbocycles. The van der Waals surface area contributed by atoms with Crippen molar-refractivity contribution in [2.75, 3.05) is 6.54 Å². The summed E-state index contributed by atoms with van der Waals surface area (Å²) in [6.07, 6.45) is 1.21. The zero-order valence-electron chi connectivity index (χ0n) is 14.0. The molecule has 1 aromatic heterocycles. The van der Waals surface area contributed by atoms with Crippen LogP contribution in [-0.2, 0) is 11.3 Å². The third-order valence-electron chi connectivity index (χ3n) is 3.72. The van der Waals surface area contributed by atoms with E-state index in [-0.39, 0.29) is 24.5 Å². The zero-order valence-corrected chi connectivity index (χ0v) is 15.6. The summed E-state index contributed by atoms with van der Waals surface area (Å²) in [6, 6.07) is 12.7. The van der Waals surface area contributed by atoms with Crippen molar-refractivity contribution in [2.24, 2.45) is 0 Å². The summed E-state index contributed by atoms with van der Waals surface area (Å²) in [6.45, 7) is 3.13. The van der Waals surface area contributed by atoms with E-state index in [1.54, 1.807) is 29.2 Å². The van der Waals surface area contributed by atoms with E-state index in [1.165, 1.54) is 11.3 Å². The molecule has 0 bridgehead atoms. The second kappa shape index (κ2) is 9.36. The van der Waals surface area contributed by atoms with Crippen molar-refractivity contribution in [1.29, 1.82) is 5.26 Å². The molecule has 2 rings (SSSR count). The van der Waals surface area contributed by atoms with Crippen molar-refractivity contribution in [3.63, 3.8) is 0 Å². The van der Waals surface area contributed by atoms with Crippen LogP contribution in [0.4, 0.5) is 0 Å². The van der Waals surface area contributed by atoms with Crippen LogP contribution in [0.5, 0.6) is 0 Å². The standard InChI is InChI=1S/C19H19ClN2O2S/c1-2-11-22(13-15-5-3-14(12-21)4-6-15)19(24)10-7-16(23)17-8-9-18(20)25-17/h3-6,8-9H,2,7,10-11,13H2,1H3. The molecule has 4 nitrogen and oxygen atoms in total. The van der Waals surface area contributed by atoms with Crippen LogP contribution in [0.15, 0.2) is 36.4 Å². The average Bonchev–Trinajstić information content (AvgIpc) is 3.06. The maximum atomic E-state index is 12.5. The predicted molar refractivity (Wildman–Crippen MR) is 99.8 cm³/mol. The van der Waals surface area contributed by atoms with E-state index in [9.17, 15) is 9.59 Å². The number of amides is 1. The molecule has 25 heavy (non-hydrogen) atoms. The van der Waals surface area contributed by atoms with Crippen molar-refractivity contribution < 1.29 is 9.59 Å². The summed E-state index contributed by atoms with van der Waals surface area (Å²) in [4.78, 5) is 27.0. The highest BCUT2D eigenvalue weighted by molar-refractivity contribution is 7.18. The first kappa shape index (κ1) is 19.2. The lowest BCUT2D eigenvalue weighted by Crippen LogP contribution is -2.31. The molecule has 0 aliphatic heterocycles. The van der Waals surface area contributed by atoms with Gasteiger partial charge < -0.3 is 4.90 Å². The van der Waals surface area contributed by atoms with Gasteiger partial charge in [-0.1, -0.05) is 30.7 Å². The Morgan fingerprint density at radius 1 is 1.16 bits per heavy atom. The average molecular weight is 375 g/mol. The number of thiophene rings is 1. The smallest absolute Gasteiger partial charge is 0.223 e. The van der Waals surface area contributed by atoms with Crippen molar-refractivity contribution in [1.82, 2.24) is 4.90 Å². The van der Waals surface area contributed by atoms with Crippen molar-refractivity contribution >= 4 is 34.6 Å². The monoisotopic (exact) mass is 374 g/mol. The Bertz CT molecular complexity index is 777. The van der Waals surface area contributed by atoms with Gasteiger partial charge in [0, 0.05) is 25.9 Å². The third kappa shape index (κ3) is 5.70. The molecule has 6 heteroatoms. The Morgan fingerprint density at radius 2 is 1.88 bits per heavy atom. The summed E-state index contributed by atoms with van der Waals surface area (Å²) >= 11 is 7.08.